The predicted molar refractivity (Wildman–Crippen MR) is 114 cm³/mol. The van der Waals surface area contributed by atoms with E-state index in [1.54, 1.807) is 13.1 Å². The number of nitrogens with zero attached hydrogens (tertiary/aromatic N) is 4. The number of aryl methyl sites for hydroxylation is 1. The van der Waals surface area contributed by atoms with E-state index in [2.05, 4.69) is 10.2 Å². The van der Waals surface area contributed by atoms with Gasteiger partial charge in [0.1, 0.15) is 17.3 Å². The first kappa shape index (κ1) is 20.9. The zero-order valence-corrected chi connectivity index (χ0v) is 17.3. The highest BCUT2D eigenvalue weighted by molar-refractivity contribution is 5.98. The van der Waals surface area contributed by atoms with Gasteiger partial charge in [0.25, 0.3) is 5.91 Å². The van der Waals surface area contributed by atoms with Crippen LogP contribution < -0.4 is 5.69 Å². The molecule has 10 heteroatoms. The Kier molecular flexibility index (Phi) is 5.27. The van der Waals surface area contributed by atoms with Gasteiger partial charge in [-0.05, 0) is 30.3 Å². The molecular weight excluding hydrogens is 417 g/mol. The summed E-state index contributed by atoms with van der Waals surface area (Å²) >= 11 is 0. The minimum absolute atomic E-state index is 0.0278. The molecule has 0 spiro atoms. The van der Waals surface area contributed by atoms with Gasteiger partial charge in [-0.2, -0.15) is 5.10 Å². The molecule has 4 aromatic rings. The highest BCUT2D eigenvalue weighted by Crippen LogP contribution is 2.35. The molecule has 0 aliphatic heterocycles. The molecular formula is C22H20FN5O4. The second-order valence-corrected chi connectivity index (χ2v) is 7.30. The molecule has 0 saturated carbocycles. The maximum absolute atomic E-state index is 14.4. The Labute approximate surface area is 181 Å². The molecule has 0 aliphatic rings. The van der Waals surface area contributed by atoms with Gasteiger partial charge in [-0.3, -0.25) is 4.79 Å². The average Bonchev–Trinajstić information content (AvgIpc) is 3.33. The number of hydrogen-bond acceptors (Lipinski definition) is 5. The number of aromatic amines is 1. The topological polar surface area (TPSA) is 116 Å². The fourth-order valence-electron chi connectivity index (χ4n) is 3.44. The molecule has 0 bridgehead atoms. The Morgan fingerprint density at radius 1 is 1.16 bits per heavy atom. The number of aromatic hydroxyl groups is 2. The summed E-state index contributed by atoms with van der Waals surface area (Å²) in [6, 6.07) is 11.5. The monoisotopic (exact) mass is 437 g/mol. The molecule has 164 valence electrons. The van der Waals surface area contributed by atoms with E-state index in [1.165, 1.54) is 29.2 Å². The number of benzene rings is 2. The zero-order valence-electron chi connectivity index (χ0n) is 17.3. The summed E-state index contributed by atoms with van der Waals surface area (Å²) in [6.45, 7) is 0.278. The molecule has 2 aromatic heterocycles. The van der Waals surface area contributed by atoms with E-state index in [9.17, 15) is 24.2 Å². The van der Waals surface area contributed by atoms with E-state index in [0.717, 1.165) is 16.3 Å². The summed E-state index contributed by atoms with van der Waals surface area (Å²) in [7, 11) is 3.43. The molecule has 0 aliphatic carbocycles. The fourth-order valence-corrected chi connectivity index (χ4v) is 3.44. The van der Waals surface area contributed by atoms with Gasteiger partial charge in [0, 0.05) is 32.1 Å². The summed E-state index contributed by atoms with van der Waals surface area (Å²) in [5.41, 5.74) is -0.0706. The standard InChI is InChI=1S/C22H20FN5O4/c1-26-9-5-6-13(26)12-27(2)21(31)15-10-14(18(29)11-19(15)30)20-24-25-22(32)28(20)17-8-4-3-7-16(17)23/h3-11,29-30H,12H2,1-2H3,(H,25,32). The number of aromatic nitrogens is 4. The second kappa shape index (κ2) is 8.06. The van der Waals surface area contributed by atoms with Gasteiger partial charge in [-0.25, -0.2) is 18.9 Å². The molecule has 0 atom stereocenters. The van der Waals surface area contributed by atoms with Gasteiger partial charge >= 0.3 is 5.69 Å². The maximum atomic E-state index is 14.4. The molecule has 0 fully saturated rings. The minimum atomic E-state index is -0.730. The molecule has 0 saturated heterocycles. The van der Waals surface area contributed by atoms with Crippen molar-refractivity contribution in [3.05, 3.63) is 82.3 Å². The quantitative estimate of drug-likeness (QED) is 0.443. The minimum Gasteiger partial charge on any atom is -0.507 e. The normalized spacial score (nSPS) is 11.0. The van der Waals surface area contributed by atoms with Crippen LogP contribution >= 0.6 is 0 Å². The van der Waals surface area contributed by atoms with Crippen molar-refractivity contribution < 1.29 is 19.4 Å². The summed E-state index contributed by atoms with van der Waals surface area (Å²) in [5.74, 6) is -2.17. The van der Waals surface area contributed by atoms with Crippen LogP contribution in [0.1, 0.15) is 16.1 Å². The Morgan fingerprint density at radius 2 is 1.91 bits per heavy atom. The summed E-state index contributed by atoms with van der Waals surface area (Å²) in [5, 5.41) is 26.9. The number of amides is 1. The van der Waals surface area contributed by atoms with Crippen LogP contribution in [0.4, 0.5) is 4.39 Å². The number of hydrogen-bond donors (Lipinski definition) is 3. The molecule has 0 unspecified atom stereocenters. The Hall–Kier alpha value is -4.34. The van der Waals surface area contributed by atoms with E-state index < -0.39 is 28.9 Å². The number of para-hydroxylation sites is 1. The van der Waals surface area contributed by atoms with E-state index in [0.29, 0.717) is 0 Å². The SMILES string of the molecule is CN(Cc1cccn1C)C(=O)c1cc(-c2n[nH]c(=O)n2-c2ccccc2F)c(O)cc1O. The lowest BCUT2D eigenvalue weighted by Crippen LogP contribution is -2.27. The lowest BCUT2D eigenvalue weighted by atomic mass is 10.1. The number of nitrogens with one attached hydrogen (secondary N) is 1. The number of phenols is 2. The van der Waals surface area contributed by atoms with Crippen LogP contribution in [0.15, 0.2) is 59.5 Å². The number of phenolic OH excluding ortho intramolecular Hbond substituents is 2. The molecule has 0 radical (unpaired) electrons. The first-order valence-corrected chi connectivity index (χ1v) is 9.62. The molecule has 2 heterocycles. The van der Waals surface area contributed by atoms with Crippen molar-refractivity contribution in [1.82, 2.24) is 24.2 Å². The third-order valence-electron chi connectivity index (χ3n) is 5.15. The number of rotatable bonds is 5. The third-order valence-corrected chi connectivity index (χ3v) is 5.15. The van der Waals surface area contributed by atoms with E-state index in [4.69, 9.17) is 0 Å². The van der Waals surface area contributed by atoms with Crippen molar-refractivity contribution >= 4 is 5.91 Å². The largest absolute Gasteiger partial charge is 0.507 e. The Morgan fingerprint density at radius 3 is 2.59 bits per heavy atom. The van der Waals surface area contributed by atoms with Gasteiger partial charge in [0.2, 0.25) is 0 Å². The lowest BCUT2D eigenvalue weighted by Gasteiger charge is -2.19. The van der Waals surface area contributed by atoms with Crippen LogP contribution in [0.25, 0.3) is 17.1 Å². The van der Waals surface area contributed by atoms with Crippen LogP contribution in [-0.2, 0) is 13.6 Å². The van der Waals surface area contributed by atoms with Crippen molar-refractivity contribution in [3.63, 3.8) is 0 Å². The molecule has 3 N–H and O–H groups in total. The summed E-state index contributed by atoms with van der Waals surface area (Å²) in [4.78, 5) is 26.8. The number of carbonyl (C=O) groups is 1. The van der Waals surface area contributed by atoms with Gasteiger partial charge in [-0.1, -0.05) is 12.1 Å². The van der Waals surface area contributed by atoms with Crippen molar-refractivity contribution in [2.24, 2.45) is 7.05 Å². The smallest absolute Gasteiger partial charge is 0.348 e. The molecule has 2 aromatic carbocycles. The lowest BCUT2D eigenvalue weighted by molar-refractivity contribution is 0.0779. The van der Waals surface area contributed by atoms with Crippen LogP contribution in [0, 0.1) is 5.82 Å². The molecule has 32 heavy (non-hydrogen) atoms. The highest BCUT2D eigenvalue weighted by atomic mass is 19.1. The predicted octanol–water partition coefficient (Wildman–Crippen LogP) is 2.39. The van der Waals surface area contributed by atoms with Crippen LogP contribution in [0.3, 0.4) is 0 Å². The summed E-state index contributed by atoms with van der Waals surface area (Å²) in [6.07, 6.45) is 1.85. The van der Waals surface area contributed by atoms with Crippen molar-refractivity contribution in [2.75, 3.05) is 7.05 Å². The molecule has 1 amide bonds. The third kappa shape index (κ3) is 3.62. The summed E-state index contributed by atoms with van der Waals surface area (Å²) < 4.78 is 17.2. The van der Waals surface area contributed by atoms with Gasteiger partial charge in [0.05, 0.1) is 23.4 Å². The van der Waals surface area contributed by atoms with Crippen molar-refractivity contribution in [3.8, 4) is 28.6 Å². The van der Waals surface area contributed by atoms with Gasteiger partial charge in [-0.15, -0.1) is 0 Å². The van der Waals surface area contributed by atoms with Crippen molar-refractivity contribution in [2.45, 2.75) is 6.54 Å². The molecule has 9 nitrogen and oxygen atoms in total. The van der Waals surface area contributed by atoms with Crippen LogP contribution in [0.2, 0.25) is 0 Å². The van der Waals surface area contributed by atoms with E-state index in [1.807, 2.05) is 29.9 Å². The van der Waals surface area contributed by atoms with Crippen LogP contribution in [0.5, 0.6) is 11.5 Å². The maximum Gasteiger partial charge on any atom is 0.348 e. The van der Waals surface area contributed by atoms with Gasteiger partial charge < -0.3 is 19.7 Å². The second-order valence-electron chi connectivity index (χ2n) is 7.30. The Balaban J connectivity index is 1.78. The van der Waals surface area contributed by atoms with E-state index >= 15 is 0 Å². The van der Waals surface area contributed by atoms with E-state index in [-0.39, 0.29) is 29.2 Å². The average molecular weight is 437 g/mol. The number of carbonyl (C=O) groups excluding carboxylic acids is 1. The number of halogens is 1. The first-order chi connectivity index (χ1) is 15.3. The van der Waals surface area contributed by atoms with Crippen molar-refractivity contribution in [1.29, 1.82) is 0 Å². The Bertz CT molecular complexity index is 1370. The fraction of sp³-hybridized carbons (Fsp3) is 0.136. The van der Waals surface area contributed by atoms with Gasteiger partial charge in [0.15, 0.2) is 5.82 Å². The zero-order chi connectivity index (χ0) is 23.0. The number of H-pyrrole nitrogens is 1. The van der Waals surface area contributed by atoms with Crippen LogP contribution in [-0.4, -0.2) is 47.4 Å². The first-order valence-electron chi connectivity index (χ1n) is 9.62. The molecule has 4 rings (SSSR count). The highest BCUT2D eigenvalue weighted by Gasteiger charge is 2.24.